The van der Waals surface area contributed by atoms with E-state index in [2.05, 4.69) is 107 Å². The monoisotopic (exact) mass is 489 g/mol. The molecule has 184 valence electrons. The van der Waals surface area contributed by atoms with Gasteiger partial charge in [0.2, 0.25) is 0 Å². The molecule has 0 aromatic rings. The van der Waals surface area contributed by atoms with Crippen molar-refractivity contribution in [3.8, 4) is 0 Å². The molecular formula is C23H51NO4Si3. The molecule has 0 fully saturated rings. The van der Waals surface area contributed by atoms with Crippen molar-refractivity contribution in [3.63, 3.8) is 0 Å². The van der Waals surface area contributed by atoms with E-state index in [9.17, 15) is 9.59 Å². The van der Waals surface area contributed by atoms with Gasteiger partial charge in [0.05, 0.1) is 6.42 Å². The van der Waals surface area contributed by atoms with Crippen molar-refractivity contribution in [1.82, 2.24) is 4.98 Å². The molecule has 0 saturated heterocycles. The topological polar surface area (TPSA) is 64.6 Å². The van der Waals surface area contributed by atoms with E-state index in [0.29, 0.717) is 0 Å². The first-order valence-electron chi connectivity index (χ1n) is 11.4. The SMILES string of the molecule is CC(CC(=O)O[Si](C)(C)C(C)(C)C)(N[Si](C)(C)C(C)(C)C)C(=O)O[Si](C)(C)C(C)(C)C. The molecule has 1 unspecified atom stereocenters. The average Bonchev–Trinajstić information content (AvgIpc) is 2.40. The van der Waals surface area contributed by atoms with E-state index in [1.807, 2.05) is 6.92 Å². The number of hydrogen-bond donors (Lipinski definition) is 1. The highest BCUT2D eigenvalue weighted by Crippen LogP contribution is 2.40. The highest BCUT2D eigenvalue weighted by molar-refractivity contribution is 6.78. The zero-order valence-corrected chi connectivity index (χ0v) is 26.3. The molecule has 0 heterocycles. The second kappa shape index (κ2) is 9.06. The third kappa shape index (κ3) is 7.82. The molecule has 0 spiro atoms. The van der Waals surface area contributed by atoms with Crippen LogP contribution in [0.2, 0.25) is 54.4 Å². The lowest BCUT2D eigenvalue weighted by molar-refractivity contribution is -0.148. The third-order valence-corrected chi connectivity index (χ3v) is 21.3. The maximum atomic E-state index is 13.6. The summed E-state index contributed by atoms with van der Waals surface area (Å²) < 4.78 is 12.2. The first-order chi connectivity index (χ1) is 13.2. The lowest BCUT2D eigenvalue weighted by Crippen LogP contribution is -2.66. The molecule has 0 aliphatic heterocycles. The second-order valence-electron chi connectivity index (χ2n) is 13.9. The zero-order chi connectivity index (χ0) is 25.5. The van der Waals surface area contributed by atoms with E-state index in [1.165, 1.54) is 0 Å². The van der Waals surface area contributed by atoms with E-state index in [4.69, 9.17) is 8.85 Å². The summed E-state index contributed by atoms with van der Waals surface area (Å²) in [5.41, 5.74) is -1.13. The standard InChI is InChI=1S/C23H51NO4Si3/c1-20(2,3)29(11,12)24-23(10,19(26)28-31(15,16)22(7,8)9)17-18(25)27-30(13,14)21(4,5)6/h24H,17H2,1-16H3. The molecule has 0 rings (SSSR count). The van der Waals surface area contributed by atoms with Crippen LogP contribution in [-0.4, -0.2) is 42.3 Å². The molecule has 0 aromatic carbocycles. The second-order valence-corrected chi connectivity index (χ2v) is 28.3. The van der Waals surface area contributed by atoms with Gasteiger partial charge < -0.3 is 13.8 Å². The first-order valence-corrected chi connectivity index (χ1v) is 20.2. The van der Waals surface area contributed by atoms with Gasteiger partial charge in [-0.05, 0) is 48.2 Å². The number of hydrogen-bond acceptors (Lipinski definition) is 5. The Labute approximate surface area is 195 Å². The predicted molar refractivity (Wildman–Crippen MR) is 140 cm³/mol. The molecule has 5 nitrogen and oxygen atoms in total. The highest BCUT2D eigenvalue weighted by atomic mass is 28.4. The lowest BCUT2D eigenvalue weighted by atomic mass is 10.0. The number of rotatable bonds is 7. The van der Waals surface area contributed by atoms with Crippen molar-refractivity contribution >= 4 is 36.8 Å². The summed E-state index contributed by atoms with van der Waals surface area (Å²) in [5.74, 6) is -0.663. The van der Waals surface area contributed by atoms with Crippen LogP contribution >= 0.6 is 0 Å². The largest absolute Gasteiger partial charge is 0.519 e. The summed E-state index contributed by atoms with van der Waals surface area (Å²) in [6.45, 7) is 33.6. The Balaban J connectivity index is 6.07. The summed E-state index contributed by atoms with van der Waals surface area (Å²) >= 11 is 0. The van der Waals surface area contributed by atoms with Gasteiger partial charge in [0.15, 0.2) is 0 Å². The maximum absolute atomic E-state index is 13.6. The minimum atomic E-state index is -2.34. The zero-order valence-electron chi connectivity index (χ0n) is 23.3. The number of carbonyl (C=O) groups excluding carboxylic acids is 2. The van der Waals surface area contributed by atoms with Gasteiger partial charge in [0.1, 0.15) is 13.8 Å². The van der Waals surface area contributed by atoms with Gasteiger partial charge >= 0.3 is 5.97 Å². The van der Waals surface area contributed by atoms with Crippen molar-refractivity contribution in [2.75, 3.05) is 0 Å². The fraction of sp³-hybridized carbons (Fsp3) is 0.913. The van der Waals surface area contributed by atoms with Gasteiger partial charge in [-0.25, -0.2) is 0 Å². The van der Waals surface area contributed by atoms with Gasteiger partial charge in [-0.1, -0.05) is 75.4 Å². The van der Waals surface area contributed by atoms with Crippen molar-refractivity contribution in [3.05, 3.63) is 0 Å². The van der Waals surface area contributed by atoms with Crippen LogP contribution in [0.4, 0.5) is 0 Å². The van der Waals surface area contributed by atoms with Crippen LogP contribution in [0.15, 0.2) is 0 Å². The molecule has 1 atom stereocenters. The summed E-state index contributed by atoms with van der Waals surface area (Å²) in [5, 5.41) is -0.204. The Morgan fingerprint density at radius 2 is 1.00 bits per heavy atom. The molecule has 0 aliphatic carbocycles. The van der Waals surface area contributed by atoms with Crippen LogP contribution in [0, 0.1) is 0 Å². The molecule has 0 aliphatic rings. The smallest absolute Gasteiger partial charge is 0.312 e. The molecule has 0 amide bonds. The normalized spacial score (nSPS) is 16.5. The summed E-state index contributed by atoms with van der Waals surface area (Å²) in [6, 6.07) is 0. The van der Waals surface area contributed by atoms with Gasteiger partial charge in [-0.15, -0.1) is 0 Å². The van der Waals surface area contributed by atoms with Gasteiger partial charge in [0, 0.05) is 0 Å². The van der Waals surface area contributed by atoms with E-state index in [0.717, 1.165) is 0 Å². The Morgan fingerprint density at radius 3 is 1.32 bits per heavy atom. The van der Waals surface area contributed by atoms with Crippen molar-refractivity contribution in [2.24, 2.45) is 0 Å². The summed E-state index contributed by atoms with van der Waals surface area (Å²) in [6.07, 6.45) is -0.0283. The van der Waals surface area contributed by atoms with Crippen molar-refractivity contribution in [1.29, 1.82) is 0 Å². The lowest BCUT2D eigenvalue weighted by Gasteiger charge is -2.46. The molecule has 0 saturated carbocycles. The molecule has 0 aromatic heterocycles. The highest BCUT2D eigenvalue weighted by Gasteiger charge is 2.51. The van der Waals surface area contributed by atoms with Gasteiger partial charge in [0.25, 0.3) is 22.6 Å². The molecule has 31 heavy (non-hydrogen) atoms. The van der Waals surface area contributed by atoms with Crippen LogP contribution in [0.3, 0.4) is 0 Å². The van der Waals surface area contributed by atoms with Crippen LogP contribution in [0.25, 0.3) is 0 Å². The van der Waals surface area contributed by atoms with Crippen molar-refractivity contribution < 1.29 is 18.4 Å². The Morgan fingerprint density at radius 1 is 0.645 bits per heavy atom. The van der Waals surface area contributed by atoms with Gasteiger partial charge in [-0.3, -0.25) is 9.59 Å². The predicted octanol–water partition coefficient (Wildman–Crippen LogP) is 6.83. The molecule has 0 radical (unpaired) electrons. The van der Waals surface area contributed by atoms with Crippen LogP contribution in [0.1, 0.15) is 75.7 Å². The quantitative estimate of drug-likeness (QED) is 0.397. The van der Waals surface area contributed by atoms with E-state index in [1.54, 1.807) is 0 Å². The minimum Gasteiger partial charge on any atom is -0.519 e. The molecule has 8 heteroatoms. The third-order valence-electron chi connectivity index (χ3n) is 7.74. The van der Waals surface area contributed by atoms with Crippen LogP contribution in [-0.2, 0) is 18.4 Å². The Hall–Kier alpha value is -0.449. The summed E-state index contributed by atoms with van der Waals surface area (Å²) in [7, 11) is -6.75. The Bertz CT molecular complexity index is 668. The maximum Gasteiger partial charge on any atom is 0.312 e. The fourth-order valence-corrected chi connectivity index (χ4v) is 6.19. The molecular weight excluding hydrogens is 439 g/mol. The number of nitrogens with one attached hydrogen (secondary N) is 1. The summed E-state index contributed by atoms with van der Waals surface area (Å²) in [4.78, 5) is 30.4. The average molecular weight is 490 g/mol. The Kier molecular flexibility index (Phi) is 8.93. The van der Waals surface area contributed by atoms with Gasteiger partial charge in [-0.2, -0.15) is 0 Å². The van der Waals surface area contributed by atoms with Crippen LogP contribution in [0.5, 0.6) is 0 Å². The molecule has 1 N–H and O–H groups in total. The van der Waals surface area contributed by atoms with E-state index < -0.39 is 30.4 Å². The van der Waals surface area contributed by atoms with Crippen molar-refractivity contribution in [2.45, 2.75) is 136 Å². The minimum absolute atomic E-state index is 0.00511. The fourth-order valence-electron chi connectivity index (χ4n) is 2.30. The van der Waals surface area contributed by atoms with E-state index in [-0.39, 0.29) is 33.5 Å². The molecule has 0 bridgehead atoms. The van der Waals surface area contributed by atoms with E-state index >= 15 is 0 Å². The van der Waals surface area contributed by atoms with Crippen LogP contribution < -0.4 is 4.98 Å². The number of carbonyl (C=O) groups is 2. The first kappa shape index (κ1) is 30.6.